The molecule has 0 saturated heterocycles. The van der Waals surface area contributed by atoms with Gasteiger partial charge in [-0.1, -0.05) is 69.5 Å². The summed E-state index contributed by atoms with van der Waals surface area (Å²) in [6, 6.07) is 15.4. The number of benzene rings is 2. The zero-order chi connectivity index (χ0) is 12.3. The fourth-order valence-electron chi connectivity index (χ4n) is 1.59. The monoisotopic (exact) mass is 326 g/mol. The van der Waals surface area contributed by atoms with E-state index >= 15 is 0 Å². The maximum absolute atomic E-state index is 6.19. The summed E-state index contributed by atoms with van der Waals surface area (Å²) in [7, 11) is 0. The molecular formula is C14H9BrCl2. The van der Waals surface area contributed by atoms with Crippen LogP contribution in [0.5, 0.6) is 0 Å². The Hall–Kier alpha value is -0.760. The third kappa shape index (κ3) is 2.92. The van der Waals surface area contributed by atoms with Gasteiger partial charge >= 0.3 is 0 Å². The van der Waals surface area contributed by atoms with Crippen molar-refractivity contribution in [3.05, 3.63) is 74.7 Å². The van der Waals surface area contributed by atoms with Gasteiger partial charge in [0, 0.05) is 15.6 Å². The second-order valence-corrected chi connectivity index (χ2v) is 4.81. The van der Waals surface area contributed by atoms with Crippen molar-refractivity contribution in [1.29, 1.82) is 0 Å². The molecule has 17 heavy (non-hydrogen) atoms. The Morgan fingerprint density at radius 3 is 2.18 bits per heavy atom. The Kier molecular flexibility index (Phi) is 4.27. The van der Waals surface area contributed by atoms with Crippen LogP contribution in [0.4, 0.5) is 0 Å². The number of halogens is 3. The zero-order valence-electron chi connectivity index (χ0n) is 8.83. The lowest BCUT2D eigenvalue weighted by Crippen LogP contribution is -1.87. The van der Waals surface area contributed by atoms with Gasteiger partial charge in [-0.3, -0.25) is 0 Å². The van der Waals surface area contributed by atoms with Crippen LogP contribution in [-0.2, 0) is 0 Å². The molecule has 0 aromatic heterocycles. The molecule has 2 aromatic carbocycles. The van der Waals surface area contributed by atoms with Crippen LogP contribution in [-0.4, -0.2) is 0 Å². The van der Waals surface area contributed by atoms with Gasteiger partial charge in [-0.05, 0) is 34.3 Å². The summed E-state index contributed by atoms with van der Waals surface area (Å²) in [5.41, 5.74) is 3.10. The second kappa shape index (κ2) is 5.72. The minimum Gasteiger partial charge on any atom is -0.0843 e. The highest BCUT2D eigenvalue weighted by Crippen LogP contribution is 2.30. The molecule has 0 spiro atoms. The molecule has 0 N–H and O–H groups in total. The lowest BCUT2D eigenvalue weighted by Gasteiger charge is -2.09. The van der Waals surface area contributed by atoms with Gasteiger partial charge in [0.2, 0.25) is 0 Å². The first-order chi connectivity index (χ1) is 8.22. The molecule has 0 saturated carbocycles. The summed E-state index contributed by atoms with van der Waals surface area (Å²) < 4.78 is 0. The van der Waals surface area contributed by atoms with E-state index in [0.29, 0.717) is 0 Å². The van der Waals surface area contributed by atoms with Crippen LogP contribution in [0.3, 0.4) is 0 Å². The second-order valence-electron chi connectivity index (χ2n) is 3.51. The summed E-state index contributed by atoms with van der Waals surface area (Å²) in [6.45, 7) is 0. The van der Waals surface area contributed by atoms with Crippen molar-refractivity contribution in [2.24, 2.45) is 0 Å². The van der Waals surface area contributed by atoms with E-state index in [2.05, 4.69) is 15.9 Å². The van der Waals surface area contributed by atoms with Gasteiger partial charge in [-0.15, -0.1) is 0 Å². The van der Waals surface area contributed by atoms with E-state index in [1.165, 1.54) is 0 Å². The first-order valence-electron chi connectivity index (χ1n) is 5.03. The molecule has 0 heterocycles. The van der Waals surface area contributed by atoms with E-state index in [9.17, 15) is 0 Å². The summed E-state index contributed by atoms with van der Waals surface area (Å²) >= 11 is 15.5. The molecule has 86 valence electrons. The van der Waals surface area contributed by atoms with E-state index in [0.717, 1.165) is 26.7 Å². The zero-order valence-corrected chi connectivity index (χ0v) is 11.9. The van der Waals surface area contributed by atoms with Crippen LogP contribution in [0, 0.1) is 0 Å². The molecule has 0 unspecified atom stereocenters. The lowest BCUT2D eigenvalue weighted by atomic mass is 10.00. The first-order valence-corrected chi connectivity index (χ1v) is 6.71. The molecule has 0 fully saturated rings. The minimum atomic E-state index is 0.724. The number of hydrogen-bond donors (Lipinski definition) is 0. The first kappa shape index (κ1) is 12.7. The van der Waals surface area contributed by atoms with Gasteiger partial charge in [0.25, 0.3) is 0 Å². The molecule has 0 aliphatic carbocycles. The van der Waals surface area contributed by atoms with Crippen molar-refractivity contribution in [2.75, 3.05) is 0 Å². The molecule has 0 nitrogen and oxygen atoms in total. The van der Waals surface area contributed by atoms with Crippen LogP contribution < -0.4 is 0 Å². The van der Waals surface area contributed by atoms with Crippen LogP contribution in [0.25, 0.3) is 5.57 Å². The maximum Gasteiger partial charge on any atom is 0.0484 e. The summed E-state index contributed by atoms with van der Waals surface area (Å²) in [6.07, 6.45) is 0. The Balaban J connectivity index is 2.49. The summed E-state index contributed by atoms with van der Waals surface area (Å²) in [5, 5.41) is 1.45. The standard InChI is InChI=1S/C14H9BrCl2/c15-9-13(10-5-7-11(16)8-6-10)12-3-1-2-4-14(12)17/h1-9H. The van der Waals surface area contributed by atoms with E-state index in [1.807, 2.05) is 53.5 Å². The fourth-order valence-corrected chi connectivity index (χ4v) is 2.46. The molecule has 0 bridgehead atoms. The van der Waals surface area contributed by atoms with Crippen LogP contribution >= 0.6 is 39.1 Å². The molecule has 0 amide bonds. The van der Waals surface area contributed by atoms with Gasteiger partial charge in [-0.2, -0.15) is 0 Å². The molecular weight excluding hydrogens is 319 g/mol. The van der Waals surface area contributed by atoms with E-state index in [-0.39, 0.29) is 0 Å². The number of rotatable bonds is 2. The topological polar surface area (TPSA) is 0 Å². The maximum atomic E-state index is 6.19. The van der Waals surface area contributed by atoms with Crippen LogP contribution in [0.1, 0.15) is 11.1 Å². The van der Waals surface area contributed by atoms with Gasteiger partial charge in [0.1, 0.15) is 0 Å². The average molecular weight is 328 g/mol. The molecule has 2 aromatic rings. The molecule has 3 heteroatoms. The molecule has 0 atom stereocenters. The predicted octanol–water partition coefficient (Wildman–Crippen LogP) is 5.78. The normalized spacial score (nSPS) is 11.6. The molecule has 2 rings (SSSR count). The summed E-state index contributed by atoms with van der Waals surface area (Å²) in [4.78, 5) is 1.87. The molecule has 0 radical (unpaired) electrons. The third-order valence-electron chi connectivity index (χ3n) is 2.43. The Morgan fingerprint density at radius 1 is 0.941 bits per heavy atom. The van der Waals surface area contributed by atoms with Crippen LogP contribution in [0.15, 0.2) is 53.5 Å². The molecule has 0 aliphatic heterocycles. The van der Waals surface area contributed by atoms with Crippen molar-refractivity contribution in [1.82, 2.24) is 0 Å². The van der Waals surface area contributed by atoms with E-state index in [4.69, 9.17) is 23.2 Å². The van der Waals surface area contributed by atoms with Gasteiger partial charge < -0.3 is 0 Å². The Morgan fingerprint density at radius 2 is 1.59 bits per heavy atom. The van der Waals surface area contributed by atoms with E-state index < -0.39 is 0 Å². The van der Waals surface area contributed by atoms with Gasteiger partial charge in [0.05, 0.1) is 0 Å². The highest BCUT2D eigenvalue weighted by atomic mass is 79.9. The lowest BCUT2D eigenvalue weighted by molar-refractivity contribution is 1.55. The predicted molar refractivity (Wildman–Crippen MR) is 78.9 cm³/mol. The highest BCUT2D eigenvalue weighted by molar-refractivity contribution is 9.11. The SMILES string of the molecule is Clc1ccc(C(=CBr)c2ccccc2Cl)cc1. The average Bonchev–Trinajstić information content (AvgIpc) is 2.35. The van der Waals surface area contributed by atoms with Crippen molar-refractivity contribution in [3.8, 4) is 0 Å². The van der Waals surface area contributed by atoms with Crippen molar-refractivity contribution in [2.45, 2.75) is 0 Å². The van der Waals surface area contributed by atoms with Gasteiger partial charge in [0.15, 0.2) is 0 Å². The fraction of sp³-hybridized carbons (Fsp3) is 0. The van der Waals surface area contributed by atoms with Crippen molar-refractivity contribution < 1.29 is 0 Å². The smallest absolute Gasteiger partial charge is 0.0484 e. The quantitative estimate of drug-likeness (QED) is 0.656. The third-order valence-corrected chi connectivity index (χ3v) is 3.47. The van der Waals surface area contributed by atoms with Crippen molar-refractivity contribution >= 4 is 44.7 Å². The number of hydrogen-bond acceptors (Lipinski definition) is 0. The van der Waals surface area contributed by atoms with Crippen LogP contribution in [0.2, 0.25) is 10.0 Å². The van der Waals surface area contributed by atoms with Gasteiger partial charge in [-0.25, -0.2) is 0 Å². The molecule has 0 aliphatic rings. The van der Waals surface area contributed by atoms with E-state index in [1.54, 1.807) is 0 Å². The summed E-state index contributed by atoms with van der Waals surface area (Å²) in [5.74, 6) is 0. The van der Waals surface area contributed by atoms with Crippen molar-refractivity contribution in [3.63, 3.8) is 0 Å². The minimum absolute atomic E-state index is 0.724. The largest absolute Gasteiger partial charge is 0.0843 e. The Labute approximate surface area is 119 Å². The Bertz CT molecular complexity index is 544. The highest BCUT2D eigenvalue weighted by Gasteiger charge is 2.07.